The fraction of sp³-hybridized carbons (Fsp3) is 0.444. The van der Waals surface area contributed by atoms with Crippen molar-refractivity contribution in [1.82, 2.24) is 15.1 Å². The molecule has 0 saturated carbocycles. The number of fused-ring (bicyclic) bond motifs is 1. The fourth-order valence-electron chi connectivity index (χ4n) is 5.00. The number of nitrogens with zero attached hydrogens (tertiary/aromatic N) is 2. The second-order valence-corrected chi connectivity index (χ2v) is 9.82. The van der Waals surface area contributed by atoms with E-state index >= 15 is 0 Å². The van der Waals surface area contributed by atoms with Crippen LogP contribution in [0.3, 0.4) is 0 Å². The monoisotopic (exact) mass is 465 g/mol. The van der Waals surface area contributed by atoms with Gasteiger partial charge in [-0.05, 0) is 68.9 Å². The zero-order valence-corrected chi connectivity index (χ0v) is 20.2. The van der Waals surface area contributed by atoms with Crippen LogP contribution in [-0.4, -0.2) is 52.0 Å². The van der Waals surface area contributed by atoms with Gasteiger partial charge >= 0.3 is 0 Å². The first kappa shape index (κ1) is 24.1. The minimum Gasteiger partial charge on any atom is -0.345 e. The summed E-state index contributed by atoms with van der Waals surface area (Å²) in [6.07, 6.45) is 8.19. The summed E-state index contributed by atoms with van der Waals surface area (Å²) in [4.78, 5) is 17.1. The summed E-state index contributed by atoms with van der Waals surface area (Å²) >= 11 is 0. The number of amides is 1. The highest BCUT2D eigenvalue weighted by molar-refractivity contribution is 6.10. The van der Waals surface area contributed by atoms with Gasteiger partial charge in [-0.1, -0.05) is 24.8 Å². The van der Waals surface area contributed by atoms with E-state index in [1.165, 1.54) is 6.07 Å². The summed E-state index contributed by atoms with van der Waals surface area (Å²) in [5.74, 6) is -0.221. The van der Waals surface area contributed by atoms with E-state index in [0.29, 0.717) is 42.4 Å². The maximum atomic E-state index is 14.8. The first-order valence-corrected chi connectivity index (χ1v) is 12.0. The third-order valence-electron chi connectivity index (χ3n) is 7.10. The number of rotatable bonds is 4. The average Bonchev–Trinajstić information content (AvgIpc) is 3.01. The molecule has 2 heterocycles. The van der Waals surface area contributed by atoms with E-state index < -0.39 is 11.7 Å². The number of amidine groups is 2. The smallest absolute Gasteiger partial charge is 0.254 e. The molecule has 0 bridgehead atoms. The molecule has 0 aromatic heterocycles. The van der Waals surface area contributed by atoms with Gasteiger partial charge in [0.2, 0.25) is 0 Å². The highest BCUT2D eigenvalue weighted by Crippen LogP contribution is 2.27. The van der Waals surface area contributed by atoms with Gasteiger partial charge in [0.15, 0.2) is 0 Å². The van der Waals surface area contributed by atoms with Gasteiger partial charge in [-0.15, -0.1) is 0 Å². The number of hydrogen-bond acceptors (Lipinski definition) is 4. The van der Waals surface area contributed by atoms with E-state index in [-0.39, 0.29) is 24.9 Å². The van der Waals surface area contributed by atoms with E-state index in [1.807, 2.05) is 19.1 Å². The number of likely N-dealkylation sites (tertiary alicyclic amines) is 1. The zero-order chi connectivity index (χ0) is 24.6. The second kappa shape index (κ2) is 9.66. The van der Waals surface area contributed by atoms with E-state index in [0.717, 1.165) is 30.5 Å². The Bertz CT molecular complexity index is 1110. The lowest BCUT2D eigenvalue weighted by Crippen LogP contribution is -2.38. The molecule has 4 rings (SSSR count). The molecule has 1 unspecified atom stereocenters. The van der Waals surface area contributed by atoms with Crippen LogP contribution in [0.5, 0.6) is 0 Å². The lowest BCUT2D eigenvalue weighted by atomic mass is 9.95. The number of carbonyl (C=O) groups excluding carboxylic acids is 1. The molecule has 2 atom stereocenters. The number of allylic oxidation sites excluding steroid dienone is 2. The predicted octanol–water partition coefficient (Wildman–Crippen LogP) is 4.82. The Hall–Kier alpha value is -3.06. The van der Waals surface area contributed by atoms with Crippen LogP contribution < -0.4 is 5.32 Å². The molecule has 6 nitrogen and oxygen atoms in total. The molecule has 1 fully saturated rings. The van der Waals surface area contributed by atoms with Crippen molar-refractivity contribution in [2.45, 2.75) is 71.1 Å². The van der Waals surface area contributed by atoms with Crippen molar-refractivity contribution in [1.29, 1.82) is 10.8 Å². The van der Waals surface area contributed by atoms with E-state index in [9.17, 15) is 9.18 Å². The number of nitrogens with one attached hydrogen (secondary N) is 3. The molecule has 182 valence electrons. The molecule has 1 amide bonds. The first-order chi connectivity index (χ1) is 16.2. The molecular formula is C27H36FN5O. The Morgan fingerprint density at radius 2 is 2.06 bits per heavy atom. The standard InChI is InChI=1S/C27H34FN5O.H2/c1-16(2)32-11-10-19-14-24(28)23(13-20(19)15-32)27(34)31-21-6-5-7-22(17(3)12-21)26(30)33-18(4)8-9-25(33)29;/h5-7,13-14,16,18,21,29-30H,3,8-12,15H2,1-2,4H3,(H,31,34);1H/t18-,21?;/m1./s1. The molecule has 0 spiro atoms. The molecule has 2 aliphatic heterocycles. The van der Waals surface area contributed by atoms with Gasteiger partial charge in [0.25, 0.3) is 5.91 Å². The maximum Gasteiger partial charge on any atom is 0.254 e. The van der Waals surface area contributed by atoms with E-state index in [4.69, 9.17) is 10.8 Å². The van der Waals surface area contributed by atoms with Crippen molar-refractivity contribution in [3.05, 3.63) is 70.6 Å². The van der Waals surface area contributed by atoms with E-state index in [1.54, 1.807) is 17.0 Å². The molecule has 3 N–H and O–H groups in total. The van der Waals surface area contributed by atoms with Crippen LogP contribution in [0, 0.1) is 16.6 Å². The predicted molar refractivity (Wildman–Crippen MR) is 136 cm³/mol. The van der Waals surface area contributed by atoms with Crippen molar-refractivity contribution in [2.24, 2.45) is 0 Å². The molecule has 1 aromatic rings. The number of carbonyl (C=O) groups is 1. The zero-order valence-electron chi connectivity index (χ0n) is 20.2. The lowest BCUT2D eigenvalue weighted by Gasteiger charge is -2.32. The van der Waals surface area contributed by atoms with Gasteiger partial charge in [0.1, 0.15) is 17.5 Å². The van der Waals surface area contributed by atoms with Crippen molar-refractivity contribution >= 4 is 17.6 Å². The van der Waals surface area contributed by atoms with Gasteiger partial charge in [0.05, 0.1) is 11.6 Å². The second-order valence-electron chi connectivity index (χ2n) is 9.82. The largest absolute Gasteiger partial charge is 0.345 e. The topological polar surface area (TPSA) is 83.3 Å². The molecule has 1 aromatic carbocycles. The van der Waals surface area contributed by atoms with Crippen LogP contribution in [0.1, 0.15) is 62.9 Å². The minimum atomic E-state index is -0.493. The van der Waals surface area contributed by atoms with Crippen molar-refractivity contribution in [3.8, 4) is 0 Å². The van der Waals surface area contributed by atoms with Crippen molar-refractivity contribution in [2.75, 3.05) is 6.54 Å². The first-order valence-electron chi connectivity index (χ1n) is 12.0. The maximum absolute atomic E-state index is 14.8. The van der Waals surface area contributed by atoms with Gasteiger partial charge in [-0.3, -0.25) is 20.5 Å². The third kappa shape index (κ3) is 4.75. The van der Waals surface area contributed by atoms with Crippen molar-refractivity contribution in [3.63, 3.8) is 0 Å². The molecule has 7 heteroatoms. The Kier molecular flexibility index (Phi) is 6.84. The Morgan fingerprint density at radius 3 is 2.74 bits per heavy atom. The normalized spacial score (nSPS) is 23.1. The van der Waals surface area contributed by atoms with Gasteiger partial charge in [0, 0.05) is 38.6 Å². The number of hydrogen-bond donors (Lipinski definition) is 3. The Labute approximate surface area is 202 Å². The summed E-state index contributed by atoms with van der Waals surface area (Å²) in [5.41, 5.74) is 3.42. The van der Waals surface area contributed by atoms with Crippen LogP contribution in [0.25, 0.3) is 0 Å². The van der Waals surface area contributed by atoms with Gasteiger partial charge in [-0.2, -0.15) is 0 Å². The Balaban J connectivity index is 0.00000342. The summed E-state index contributed by atoms with van der Waals surface area (Å²) in [6, 6.07) is 3.35. The van der Waals surface area contributed by atoms with Crippen LogP contribution in [0.4, 0.5) is 4.39 Å². The highest BCUT2D eigenvalue weighted by atomic mass is 19.1. The lowest BCUT2D eigenvalue weighted by molar-refractivity contribution is 0.0940. The van der Waals surface area contributed by atoms with Crippen molar-refractivity contribution < 1.29 is 10.6 Å². The summed E-state index contributed by atoms with van der Waals surface area (Å²) in [5, 5.41) is 19.8. The molecule has 1 aliphatic carbocycles. The minimum absolute atomic E-state index is 0. The number of benzene rings is 1. The van der Waals surface area contributed by atoms with Gasteiger partial charge < -0.3 is 10.2 Å². The highest BCUT2D eigenvalue weighted by Gasteiger charge is 2.31. The molecule has 1 saturated heterocycles. The average molecular weight is 466 g/mol. The van der Waals surface area contributed by atoms with Crippen LogP contribution in [0.15, 0.2) is 48.1 Å². The van der Waals surface area contributed by atoms with Crippen LogP contribution in [0.2, 0.25) is 0 Å². The molecular weight excluding hydrogens is 429 g/mol. The molecule has 3 aliphatic rings. The third-order valence-corrected chi connectivity index (χ3v) is 7.10. The molecule has 34 heavy (non-hydrogen) atoms. The number of halogens is 1. The molecule has 0 radical (unpaired) electrons. The SMILES string of the molecule is C=C1CC(NC(=O)c2cc3c(cc2F)CCN(C(C)C)C3)C=CC=C1C(=N)N1C(=N)CC[C@H]1C.[HH]. The fourth-order valence-corrected chi connectivity index (χ4v) is 5.00. The van der Waals surface area contributed by atoms with Gasteiger partial charge in [-0.25, -0.2) is 4.39 Å². The summed E-state index contributed by atoms with van der Waals surface area (Å²) in [7, 11) is 0. The van der Waals surface area contributed by atoms with E-state index in [2.05, 4.69) is 30.6 Å². The quantitative estimate of drug-likeness (QED) is 0.440. The summed E-state index contributed by atoms with van der Waals surface area (Å²) < 4.78 is 14.8. The summed E-state index contributed by atoms with van der Waals surface area (Å²) in [6.45, 7) is 12.1. The van der Waals surface area contributed by atoms with Crippen LogP contribution >= 0.6 is 0 Å². The Morgan fingerprint density at radius 1 is 1.29 bits per heavy atom. The van der Waals surface area contributed by atoms with Crippen LogP contribution in [-0.2, 0) is 13.0 Å².